The highest BCUT2D eigenvalue weighted by molar-refractivity contribution is 5.94. The number of rotatable bonds is 9. The summed E-state index contributed by atoms with van der Waals surface area (Å²) in [6.45, 7) is 6.73. The highest BCUT2D eigenvalue weighted by atomic mass is 19.3. The summed E-state index contributed by atoms with van der Waals surface area (Å²) in [7, 11) is 0. The van der Waals surface area contributed by atoms with Crippen LogP contribution in [0, 0.1) is 19.8 Å². The fraction of sp³-hybridized carbons (Fsp3) is 0.409. The third-order valence-corrected chi connectivity index (χ3v) is 4.47. The summed E-state index contributed by atoms with van der Waals surface area (Å²) in [4.78, 5) is 28.9. The Kier molecular flexibility index (Phi) is 7.82. The van der Waals surface area contributed by atoms with Crippen molar-refractivity contribution in [3.63, 3.8) is 0 Å². The number of nitrogens with zero attached hydrogens (tertiary/aromatic N) is 1. The molecule has 0 aliphatic rings. The van der Waals surface area contributed by atoms with Crippen LogP contribution in [0.2, 0.25) is 0 Å². The molecule has 1 N–H and O–H groups in total. The minimum Gasteiger partial charge on any atom is -0.487 e. The molecule has 2 rings (SSSR count). The first kappa shape index (κ1) is 22.5. The van der Waals surface area contributed by atoms with E-state index in [-0.39, 0.29) is 30.6 Å². The Morgan fingerprint density at radius 2 is 1.90 bits per heavy atom. The Balaban J connectivity index is 2.08. The largest absolute Gasteiger partial charge is 0.487 e. The van der Waals surface area contributed by atoms with E-state index in [1.165, 1.54) is 0 Å². The van der Waals surface area contributed by atoms with Crippen molar-refractivity contribution in [1.82, 2.24) is 10.3 Å². The SMILES string of the molecule is Cc1cc(C(=O)NCc2cccc(OCC(F)F)c2C)cc(CC(=O)C(C)C)n1. The fourth-order valence-electron chi connectivity index (χ4n) is 2.78. The van der Waals surface area contributed by atoms with Gasteiger partial charge in [0, 0.05) is 35.8 Å². The lowest BCUT2D eigenvalue weighted by atomic mass is 10.0. The van der Waals surface area contributed by atoms with E-state index >= 15 is 0 Å². The number of benzene rings is 1. The number of ketones is 1. The van der Waals surface area contributed by atoms with Crippen LogP contribution in [0.15, 0.2) is 30.3 Å². The molecule has 0 bridgehead atoms. The number of Topliss-reactive ketones (excluding diaryl/α,β-unsaturated/α-hetero) is 1. The van der Waals surface area contributed by atoms with Gasteiger partial charge in [-0.15, -0.1) is 0 Å². The zero-order valence-corrected chi connectivity index (χ0v) is 17.1. The number of carbonyl (C=O) groups excluding carboxylic acids is 2. The second-order valence-corrected chi connectivity index (χ2v) is 7.21. The summed E-state index contributed by atoms with van der Waals surface area (Å²) >= 11 is 0. The maximum absolute atomic E-state index is 12.6. The van der Waals surface area contributed by atoms with Gasteiger partial charge in [-0.3, -0.25) is 14.6 Å². The van der Waals surface area contributed by atoms with E-state index in [9.17, 15) is 18.4 Å². The summed E-state index contributed by atoms with van der Waals surface area (Å²) in [5.41, 5.74) is 3.11. The molecule has 0 aliphatic heterocycles. The smallest absolute Gasteiger partial charge is 0.272 e. The molecule has 0 saturated heterocycles. The molecule has 5 nitrogen and oxygen atoms in total. The molecule has 2 aromatic rings. The number of amides is 1. The van der Waals surface area contributed by atoms with Gasteiger partial charge in [-0.05, 0) is 43.2 Å². The number of halogens is 2. The van der Waals surface area contributed by atoms with Crippen LogP contribution in [0.4, 0.5) is 8.78 Å². The summed E-state index contributed by atoms with van der Waals surface area (Å²) in [5.74, 6) is 0.0289. The minimum absolute atomic E-state index is 0.0608. The lowest BCUT2D eigenvalue weighted by molar-refractivity contribution is -0.121. The molecule has 0 spiro atoms. The number of alkyl halides is 2. The molecule has 1 amide bonds. The second-order valence-electron chi connectivity index (χ2n) is 7.21. The Bertz CT molecular complexity index is 882. The summed E-state index contributed by atoms with van der Waals surface area (Å²) in [6, 6.07) is 8.40. The van der Waals surface area contributed by atoms with Gasteiger partial charge in [-0.25, -0.2) is 8.78 Å². The van der Waals surface area contributed by atoms with Gasteiger partial charge < -0.3 is 10.1 Å². The van der Waals surface area contributed by atoms with E-state index in [1.54, 1.807) is 44.2 Å². The molecule has 0 atom stereocenters. The standard InChI is InChI=1S/C22H26F2N2O3/c1-13(2)19(27)10-18-9-17(8-14(3)26-18)22(28)25-11-16-6-5-7-20(15(16)4)29-12-21(23)24/h5-9,13,21H,10-12H2,1-4H3,(H,25,28). The Morgan fingerprint density at radius 3 is 2.55 bits per heavy atom. The molecule has 1 aromatic carbocycles. The van der Waals surface area contributed by atoms with E-state index in [2.05, 4.69) is 10.3 Å². The normalized spacial score (nSPS) is 11.0. The van der Waals surface area contributed by atoms with E-state index in [0.717, 1.165) is 5.56 Å². The summed E-state index contributed by atoms with van der Waals surface area (Å²) in [5, 5.41) is 2.82. The molecule has 1 heterocycles. The van der Waals surface area contributed by atoms with Crippen LogP contribution in [0.3, 0.4) is 0 Å². The Labute approximate surface area is 169 Å². The second kappa shape index (κ2) is 10.1. The number of pyridine rings is 1. The number of hydrogen-bond donors (Lipinski definition) is 1. The third-order valence-electron chi connectivity index (χ3n) is 4.47. The molecule has 29 heavy (non-hydrogen) atoms. The molecular weight excluding hydrogens is 378 g/mol. The average Bonchev–Trinajstić information content (AvgIpc) is 2.65. The molecule has 7 heteroatoms. The van der Waals surface area contributed by atoms with Crippen LogP contribution in [-0.2, 0) is 17.8 Å². The van der Waals surface area contributed by atoms with Gasteiger partial charge in [0.25, 0.3) is 12.3 Å². The van der Waals surface area contributed by atoms with Crippen molar-refractivity contribution >= 4 is 11.7 Å². The van der Waals surface area contributed by atoms with Gasteiger partial charge in [0.15, 0.2) is 0 Å². The zero-order chi connectivity index (χ0) is 21.6. The van der Waals surface area contributed by atoms with Crippen molar-refractivity contribution in [2.75, 3.05) is 6.61 Å². The van der Waals surface area contributed by atoms with Crippen LogP contribution in [-0.4, -0.2) is 29.7 Å². The predicted molar refractivity (Wildman–Crippen MR) is 106 cm³/mol. The zero-order valence-electron chi connectivity index (χ0n) is 17.1. The fourth-order valence-corrected chi connectivity index (χ4v) is 2.78. The Hall–Kier alpha value is -2.83. The highest BCUT2D eigenvalue weighted by Crippen LogP contribution is 2.22. The van der Waals surface area contributed by atoms with Crippen molar-refractivity contribution in [1.29, 1.82) is 0 Å². The van der Waals surface area contributed by atoms with Crippen LogP contribution >= 0.6 is 0 Å². The van der Waals surface area contributed by atoms with E-state index in [0.29, 0.717) is 28.3 Å². The van der Waals surface area contributed by atoms with Crippen molar-refractivity contribution < 1.29 is 23.1 Å². The molecular formula is C22H26F2N2O3. The van der Waals surface area contributed by atoms with Crippen LogP contribution in [0.5, 0.6) is 5.75 Å². The lowest BCUT2D eigenvalue weighted by Crippen LogP contribution is -2.24. The topological polar surface area (TPSA) is 68.3 Å². The van der Waals surface area contributed by atoms with Crippen molar-refractivity contribution in [2.24, 2.45) is 5.92 Å². The summed E-state index contributed by atoms with van der Waals surface area (Å²) < 4.78 is 29.9. The van der Waals surface area contributed by atoms with Gasteiger partial charge >= 0.3 is 0 Å². The quantitative estimate of drug-likeness (QED) is 0.685. The average molecular weight is 404 g/mol. The van der Waals surface area contributed by atoms with Gasteiger partial charge in [0.2, 0.25) is 0 Å². The molecule has 156 valence electrons. The van der Waals surface area contributed by atoms with E-state index < -0.39 is 13.0 Å². The molecule has 0 saturated carbocycles. The number of aromatic nitrogens is 1. The molecule has 0 aliphatic carbocycles. The van der Waals surface area contributed by atoms with Crippen LogP contribution in [0.25, 0.3) is 0 Å². The maximum Gasteiger partial charge on any atom is 0.272 e. The van der Waals surface area contributed by atoms with Gasteiger partial charge in [-0.2, -0.15) is 0 Å². The minimum atomic E-state index is -2.55. The van der Waals surface area contributed by atoms with Crippen LogP contribution < -0.4 is 10.1 Å². The van der Waals surface area contributed by atoms with Gasteiger partial charge in [-0.1, -0.05) is 26.0 Å². The summed E-state index contributed by atoms with van der Waals surface area (Å²) in [6.07, 6.45) is -2.37. The van der Waals surface area contributed by atoms with Gasteiger partial charge in [0.1, 0.15) is 18.1 Å². The third kappa shape index (κ3) is 6.62. The van der Waals surface area contributed by atoms with E-state index in [4.69, 9.17) is 4.74 Å². The number of carbonyl (C=O) groups is 2. The van der Waals surface area contributed by atoms with E-state index in [1.807, 2.05) is 13.8 Å². The predicted octanol–water partition coefficient (Wildman–Crippen LogP) is 4.04. The molecule has 0 fully saturated rings. The van der Waals surface area contributed by atoms with Crippen LogP contribution in [0.1, 0.15) is 46.7 Å². The molecule has 0 unspecified atom stereocenters. The highest BCUT2D eigenvalue weighted by Gasteiger charge is 2.14. The van der Waals surface area contributed by atoms with Crippen molar-refractivity contribution in [3.05, 3.63) is 58.4 Å². The first-order chi connectivity index (χ1) is 13.7. The van der Waals surface area contributed by atoms with Crippen molar-refractivity contribution in [2.45, 2.75) is 47.1 Å². The first-order valence-corrected chi connectivity index (χ1v) is 9.45. The molecule has 0 radical (unpaired) electrons. The monoisotopic (exact) mass is 404 g/mol. The lowest BCUT2D eigenvalue weighted by Gasteiger charge is -2.13. The van der Waals surface area contributed by atoms with Crippen molar-refractivity contribution in [3.8, 4) is 5.75 Å². The van der Waals surface area contributed by atoms with Gasteiger partial charge in [0.05, 0.1) is 0 Å². The first-order valence-electron chi connectivity index (χ1n) is 9.45. The number of hydrogen-bond acceptors (Lipinski definition) is 4. The maximum atomic E-state index is 12.6. The number of ether oxygens (including phenoxy) is 1. The number of aryl methyl sites for hydroxylation is 1. The molecule has 1 aromatic heterocycles. The Morgan fingerprint density at radius 1 is 1.17 bits per heavy atom. The number of nitrogens with one attached hydrogen (secondary N) is 1.